The van der Waals surface area contributed by atoms with E-state index in [4.69, 9.17) is 22.1 Å². The number of rotatable bonds is 7. The second-order valence-electron chi connectivity index (χ2n) is 10.9. The molecule has 2 amide bonds. The van der Waals surface area contributed by atoms with Crippen molar-refractivity contribution in [1.29, 1.82) is 0 Å². The second kappa shape index (κ2) is 9.32. The van der Waals surface area contributed by atoms with Crippen molar-refractivity contribution in [1.82, 2.24) is 14.3 Å². The average Bonchev–Trinajstić information content (AvgIpc) is 3.30. The van der Waals surface area contributed by atoms with Crippen molar-refractivity contribution in [3.05, 3.63) is 76.7 Å². The van der Waals surface area contributed by atoms with Gasteiger partial charge in [0.2, 0.25) is 4.93 Å². The van der Waals surface area contributed by atoms with Crippen LogP contribution in [0, 0.1) is 0 Å². The topological polar surface area (TPSA) is 110 Å². The summed E-state index contributed by atoms with van der Waals surface area (Å²) in [6.45, 7) is 7.52. The summed E-state index contributed by atoms with van der Waals surface area (Å²) in [5, 5.41) is 10.4. The molecule has 8 nitrogen and oxygen atoms in total. The van der Waals surface area contributed by atoms with Crippen molar-refractivity contribution in [2.75, 3.05) is 0 Å². The average molecular weight is 555 g/mol. The lowest BCUT2D eigenvalue weighted by atomic mass is 9.95. The Bertz CT molecular complexity index is 1460. The van der Waals surface area contributed by atoms with Crippen molar-refractivity contribution in [2.24, 2.45) is 5.73 Å². The van der Waals surface area contributed by atoms with Crippen LogP contribution in [0.25, 0.3) is 10.6 Å². The molecular formula is C28H31ClN4O4S. The molecule has 0 spiro atoms. The third-order valence-corrected chi connectivity index (χ3v) is 8.95. The third-order valence-electron chi connectivity index (χ3n) is 7.23. The van der Waals surface area contributed by atoms with Gasteiger partial charge in [-0.1, -0.05) is 47.6 Å². The minimum Gasteiger partial charge on any atom is -0.465 e. The van der Waals surface area contributed by atoms with E-state index < -0.39 is 34.1 Å². The van der Waals surface area contributed by atoms with Crippen LogP contribution in [0.2, 0.25) is 5.02 Å². The Balaban J connectivity index is 1.38. The molecule has 200 valence electrons. The number of carboxylic acid groups (broad SMARTS) is 1. The molecule has 10 heteroatoms. The normalized spacial score (nSPS) is 21.2. The van der Waals surface area contributed by atoms with Crippen LogP contribution in [0.15, 0.2) is 54.9 Å². The minimum absolute atomic E-state index is 0.310. The Kier molecular flexibility index (Phi) is 6.52. The van der Waals surface area contributed by atoms with Gasteiger partial charge in [0.25, 0.3) is 5.91 Å². The largest absolute Gasteiger partial charge is 0.465 e. The molecule has 3 N–H and O–H groups in total. The third kappa shape index (κ3) is 4.46. The Morgan fingerprint density at radius 3 is 2.61 bits per heavy atom. The Hall–Kier alpha value is -3.01. The monoisotopic (exact) mass is 554 g/mol. The highest BCUT2D eigenvalue weighted by Gasteiger charge is 2.55. The molecule has 1 aliphatic heterocycles. The molecule has 3 aromatic rings. The van der Waals surface area contributed by atoms with Crippen molar-refractivity contribution in [2.45, 2.75) is 69.1 Å². The highest BCUT2D eigenvalue weighted by molar-refractivity contribution is 8.10. The van der Waals surface area contributed by atoms with Gasteiger partial charge in [-0.25, -0.2) is 9.78 Å². The van der Waals surface area contributed by atoms with Gasteiger partial charge in [0.15, 0.2) is 0 Å². The van der Waals surface area contributed by atoms with Gasteiger partial charge >= 0.3 is 6.09 Å². The summed E-state index contributed by atoms with van der Waals surface area (Å²) in [6.07, 6.45) is 5.93. The van der Waals surface area contributed by atoms with Gasteiger partial charge in [-0.2, -0.15) is 0 Å². The molecule has 1 saturated carbocycles. The first-order valence-electron chi connectivity index (χ1n) is 12.5. The van der Waals surface area contributed by atoms with E-state index in [0.29, 0.717) is 17.0 Å². The predicted octanol–water partition coefficient (Wildman–Crippen LogP) is 6.19. The number of aromatic nitrogens is 2. The van der Waals surface area contributed by atoms with Crippen LogP contribution in [0.1, 0.15) is 69.9 Å². The van der Waals surface area contributed by atoms with E-state index in [9.17, 15) is 14.7 Å². The summed E-state index contributed by atoms with van der Waals surface area (Å²) >= 11 is 8.03. The molecule has 2 aliphatic rings. The second-order valence-corrected chi connectivity index (χ2v) is 12.6. The summed E-state index contributed by atoms with van der Waals surface area (Å²) in [7, 11) is 0. The SMILES string of the molecule is C[C@@H](OC1(C(N)=O)CC=C(c2cnc3ccccn23)S1)c1ccc(C2(N(C(=O)O)C(C)(C)C)CC2)cc1Cl. The van der Waals surface area contributed by atoms with Gasteiger partial charge in [0.05, 0.1) is 23.5 Å². The number of pyridine rings is 1. The minimum atomic E-state index is -1.29. The molecular weight excluding hydrogens is 524 g/mol. The fraction of sp³-hybridized carbons (Fsp3) is 0.393. The number of nitrogens with two attached hydrogens (primary N) is 1. The van der Waals surface area contributed by atoms with Crippen LogP contribution < -0.4 is 5.73 Å². The number of ether oxygens (including phenoxy) is 1. The zero-order valence-electron chi connectivity index (χ0n) is 21.8. The fourth-order valence-electron chi connectivity index (χ4n) is 5.41. The van der Waals surface area contributed by atoms with E-state index in [1.165, 1.54) is 16.7 Å². The van der Waals surface area contributed by atoms with E-state index in [1.807, 2.05) is 80.8 Å². The number of nitrogens with zero attached hydrogens (tertiary/aromatic N) is 3. The van der Waals surface area contributed by atoms with Gasteiger partial charge in [-0.05, 0) is 69.9 Å². The predicted molar refractivity (Wildman–Crippen MR) is 149 cm³/mol. The smallest absolute Gasteiger partial charge is 0.408 e. The number of hydrogen-bond donors (Lipinski definition) is 2. The van der Waals surface area contributed by atoms with Crippen LogP contribution in [0.5, 0.6) is 0 Å². The number of hydrogen-bond acceptors (Lipinski definition) is 5. The number of carbonyl (C=O) groups is 2. The number of imidazole rings is 1. The van der Waals surface area contributed by atoms with E-state index >= 15 is 0 Å². The Morgan fingerprint density at radius 2 is 2.00 bits per heavy atom. The van der Waals surface area contributed by atoms with Gasteiger partial charge < -0.3 is 15.6 Å². The van der Waals surface area contributed by atoms with Crippen molar-refractivity contribution < 1.29 is 19.4 Å². The molecule has 3 heterocycles. The number of fused-ring (bicyclic) bond motifs is 1. The highest BCUT2D eigenvalue weighted by atomic mass is 35.5. The van der Waals surface area contributed by atoms with Crippen LogP contribution >= 0.6 is 23.4 Å². The first kappa shape index (κ1) is 26.6. The molecule has 1 unspecified atom stereocenters. The van der Waals surface area contributed by atoms with Crippen molar-refractivity contribution in [3.8, 4) is 0 Å². The van der Waals surface area contributed by atoms with Crippen LogP contribution in [-0.2, 0) is 15.1 Å². The zero-order chi connectivity index (χ0) is 27.5. The van der Waals surface area contributed by atoms with E-state index in [1.54, 1.807) is 6.20 Å². The summed E-state index contributed by atoms with van der Waals surface area (Å²) < 4.78 is 8.33. The lowest BCUT2D eigenvalue weighted by molar-refractivity contribution is -0.136. The number of halogens is 1. The molecule has 2 atom stereocenters. The van der Waals surface area contributed by atoms with Gasteiger partial charge in [-0.3, -0.25) is 14.1 Å². The molecule has 0 radical (unpaired) electrons. The summed E-state index contributed by atoms with van der Waals surface area (Å²) in [4.78, 5) is 30.4. The number of benzene rings is 1. The Morgan fingerprint density at radius 1 is 1.26 bits per heavy atom. The standard InChI is InChI=1S/C28H31ClN4O4S/c1-17(19-9-8-18(15-20(19)29)27(12-13-27)33(25(35)36)26(2,3)4)37-28(24(30)34)11-10-22(38-28)21-16-31-23-7-5-6-14-32(21)23/h5-10,14-17H,11-13H2,1-4H3,(H2,30,34)(H,35,36)/t17-,28?/m1/s1. The van der Waals surface area contributed by atoms with E-state index in [2.05, 4.69) is 4.98 Å². The van der Waals surface area contributed by atoms with Crippen molar-refractivity contribution >= 4 is 45.9 Å². The fourth-order valence-corrected chi connectivity index (χ4v) is 6.98. The first-order chi connectivity index (χ1) is 17.9. The maximum atomic E-state index is 12.7. The molecule has 0 bridgehead atoms. The summed E-state index contributed by atoms with van der Waals surface area (Å²) in [5.41, 5.74) is 7.95. The Labute approximate surface area is 230 Å². The molecule has 1 fully saturated rings. The maximum absolute atomic E-state index is 12.7. The summed E-state index contributed by atoms with van der Waals surface area (Å²) in [5.74, 6) is -0.568. The molecule has 2 aromatic heterocycles. The number of primary amides is 1. The zero-order valence-corrected chi connectivity index (χ0v) is 23.3. The molecule has 1 aliphatic carbocycles. The van der Waals surface area contributed by atoms with Crippen molar-refractivity contribution in [3.63, 3.8) is 0 Å². The maximum Gasteiger partial charge on any atom is 0.408 e. The lowest BCUT2D eigenvalue weighted by Gasteiger charge is -2.40. The van der Waals surface area contributed by atoms with Crippen LogP contribution in [0.4, 0.5) is 4.79 Å². The van der Waals surface area contributed by atoms with Crippen LogP contribution in [0.3, 0.4) is 0 Å². The van der Waals surface area contributed by atoms with Crippen LogP contribution in [-0.4, -0.2) is 41.9 Å². The van der Waals surface area contributed by atoms with Gasteiger partial charge in [0, 0.05) is 28.1 Å². The highest BCUT2D eigenvalue weighted by Crippen LogP contribution is 2.55. The number of thioether (sulfide) groups is 1. The summed E-state index contributed by atoms with van der Waals surface area (Å²) in [6, 6.07) is 11.4. The van der Waals surface area contributed by atoms with E-state index in [0.717, 1.165) is 34.7 Å². The molecule has 0 saturated heterocycles. The van der Waals surface area contributed by atoms with Gasteiger partial charge in [0.1, 0.15) is 5.65 Å². The molecule has 1 aromatic carbocycles. The number of amides is 2. The van der Waals surface area contributed by atoms with Gasteiger partial charge in [-0.15, -0.1) is 0 Å². The first-order valence-corrected chi connectivity index (χ1v) is 13.7. The lowest BCUT2D eigenvalue weighted by Crippen LogP contribution is -2.51. The van der Waals surface area contributed by atoms with E-state index in [-0.39, 0.29) is 0 Å². The number of carbonyl (C=O) groups excluding carboxylic acids is 1. The quantitative estimate of drug-likeness (QED) is 0.360. The molecule has 5 rings (SSSR count). The molecule has 38 heavy (non-hydrogen) atoms.